The fourth-order valence-corrected chi connectivity index (χ4v) is 3.00. The molecule has 1 aromatic carbocycles. The van der Waals surface area contributed by atoms with Crippen molar-refractivity contribution in [2.75, 3.05) is 0 Å². The first-order chi connectivity index (χ1) is 9.39. The lowest BCUT2D eigenvalue weighted by atomic mass is 9.91. The van der Waals surface area contributed by atoms with Crippen LogP contribution in [0.2, 0.25) is 0 Å². The molecule has 0 bridgehead atoms. The van der Waals surface area contributed by atoms with Gasteiger partial charge in [0.25, 0.3) is 0 Å². The number of hydrogen-bond donors (Lipinski definition) is 2. The van der Waals surface area contributed by atoms with E-state index in [4.69, 9.17) is 0 Å². The molecule has 1 saturated carbocycles. The molecule has 1 aliphatic carbocycles. The van der Waals surface area contributed by atoms with Crippen LogP contribution in [0.5, 0.6) is 0 Å². The highest BCUT2D eigenvalue weighted by Gasteiger charge is 2.34. The molecule has 0 spiro atoms. The topological polar surface area (TPSA) is 49.3 Å². The highest BCUT2D eigenvalue weighted by molar-refractivity contribution is 5.80. The van der Waals surface area contributed by atoms with Gasteiger partial charge in [-0.25, -0.2) is 0 Å². The molecule has 1 fully saturated rings. The first kappa shape index (κ1) is 15.0. The van der Waals surface area contributed by atoms with Gasteiger partial charge in [-0.05, 0) is 57.6 Å². The Morgan fingerprint density at radius 3 is 2.65 bits per heavy atom. The molecule has 3 nitrogen and oxygen atoms in total. The minimum Gasteiger partial charge on any atom is -0.392 e. The zero-order chi connectivity index (χ0) is 14.8. The third-order valence-electron chi connectivity index (χ3n) is 4.17. The Kier molecular flexibility index (Phi) is 4.48. The van der Waals surface area contributed by atoms with Gasteiger partial charge in [0.2, 0.25) is 5.91 Å². The van der Waals surface area contributed by atoms with Crippen LogP contribution in [0.25, 0.3) is 0 Å². The molecule has 110 valence electrons. The van der Waals surface area contributed by atoms with Crippen molar-refractivity contribution >= 4 is 5.91 Å². The number of benzene rings is 1. The molecule has 2 rings (SSSR count). The average Bonchev–Trinajstić information content (AvgIpc) is 2.78. The van der Waals surface area contributed by atoms with E-state index >= 15 is 0 Å². The van der Waals surface area contributed by atoms with E-state index in [1.165, 1.54) is 11.1 Å². The standard InChI is InChI=1S/C17H25NO2/c1-12-7-4-5-8-13(12)11-17(2,3)18-16(20)14-9-6-10-15(14)19/h4-5,7-8,14-15,19H,6,9-11H2,1-3H3,(H,18,20). The maximum atomic E-state index is 12.3. The van der Waals surface area contributed by atoms with E-state index in [-0.39, 0.29) is 17.4 Å². The van der Waals surface area contributed by atoms with E-state index in [9.17, 15) is 9.90 Å². The second-order valence-electron chi connectivity index (χ2n) is 6.58. The van der Waals surface area contributed by atoms with Crippen LogP contribution in [-0.4, -0.2) is 22.7 Å². The van der Waals surface area contributed by atoms with Crippen LogP contribution in [0.3, 0.4) is 0 Å². The lowest BCUT2D eigenvalue weighted by Gasteiger charge is -2.29. The van der Waals surface area contributed by atoms with Crippen molar-refractivity contribution < 1.29 is 9.90 Å². The highest BCUT2D eigenvalue weighted by atomic mass is 16.3. The molecular formula is C17H25NO2. The SMILES string of the molecule is Cc1ccccc1CC(C)(C)NC(=O)C1CCCC1O. The van der Waals surface area contributed by atoms with Crippen molar-refractivity contribution in [1.29, 1.82) is 0 Å². The summed E-state index contributed by atoms with van der Waals surface area (Å²) in [6, 6.07) is 8.25. The van der Waals surface area contributed by atoms with Crippen LogP contribution in [0, 0.1) is 12.8 Å². The highest BCUT2D eigenvalue weighted by Crippen LogP contribution is 2.26. The Labute approximate surface area is 121 Å². The van der Waals surface area contributed by atoms with Crippen LogP contribution in [-0.2, 0) is 11.2 Å². The maximum Gasteiger partial charge on any atom is 0.226 e. The van der Waals surface area contributed by atoms with E-state index < -0.39 is 6.10 Å². The molecule has 1 amide bonds. The molecule has 2 unspecified atom stereocenters. The molecule has 0 aromatic heterocycles. The van der Waals surface area contributed by atoms with E-state index in [2.05, 4.69) is 24.4 Å². The maximum absolute atomic E-state index is 12.3. The fourth-order valence-electron chi connectivity index (χ4n) is 3.00. The molecule has 0 aliphatic heterocycles. The summed E-state index contributed by atoms with van der Waals surface area (Å²) >= 11 is 0. The molecule has 0 heterocycles. The minimum atomic E-state index is -0.468. The molecule has 2 N–H and O–H groups in total. The molecule has 3 heteroatoms. The van der Waals surface area contributed by atoms with Crippen LogP contribution >= 0.6 is 0 Å². The summed E-state index contributed by atoms with van der Waals surface area (Å²) in [5.41, 5.74) is 2.20. The van der Waals surface area contributed by atoms with Gasteiger partial charge in [0.15, 0.2) is 0 Å². The number of carbonyl (C=O) groups is 1. The number of aliphatic hydroxyl groups is 1. The molecule has 1 aliphatic rings. The van der Waals surface area contributed by atoms with Crippen LogP contribution in [0.4, 0.5) is 0 Å². The summed E-state index contributed by atoms with van der Waals surface area (Å²) < 4.78 is 0. The molecule has 0 radical (unpaired) electrons. The van der Waals surface area contributed by atoms with Crippen LogP contribution < -0.4 is 5.32 Å². The summed E-state index contributed by atoms with van der Waals surface area (Å²) in [5.74, 6) is -0.236. The van der Waals surface area contributed by atoms with Crippen molar-refractivity contribution in [3.05, 3.63) is 35.4 Å². The smallest absolute Gasteiger partial charge is 0.226 e. The summed E-state index contributed by atoms with van der Waals surface area (Å²) in [7, 11) is 0. The minimum absolute atomic E-state index is 0.00594. The summed E-state index contributed by atoms with van der Waals surface area (Å²) in [6.45, 7) is 6.17. The summed E-state index contributed by atoms with van der Waals surface area (Å²) in [5, 5.41) is 12.9. The third kappa shape index (κ3) is 3.60. The lowest BCUT2D eigenvalue weighted by molar-refractivity contribution is -0.129. The number of aryl methyl sites for hydroxylation is 1. The Morgan fingerprint density at radius 1 is 1.35 bits per heavy atom. The molecule has 0 saturated heterocycles. The van der Waals surface area contributed by atoms with Crippen molar-refractivity contribution in [3.63, 3.8) is 0 Å². The van der Waals surface area contributed by atoms with E-state index in [1.54, 1.807) is 0 Å². The van der Waals surface area contributed by atoms with Gasteiger partial charge in [-0.1, -0.05) is 24.3 Å². The van der Waals surface area contributed by atoms with Crippen LogP contribution in [0.15, 0.2) is 24.3 Å². The zero-order valence-electron chi connectivity index (χ0n) is 12.6. The van der Waals surface area contributed by atoms with Gasteiger partial charge < -0.3 is 10.4 Å². The molecule has 20 heavy (non-hydrogen) atoms. The van der Waals surface area contributed by atoms with Gasteiger partial charge >= 0.3 is 0 Å². The van der Waals surface area contributed by atoms with Crippen molar-refractivity contribution in [3.8, 4) is 0 Å². The van der Waals surface area contributed by atoms with Gasteiger partial charge in [0, 0.05) is 5.54 Å². The monoisotopic (exact) mass is 275 g/mol. The van der Waals surface area contributed by atoms with Gasteiger partial charge in [-0.2, -0.15) is 0 Å². The Hall–Kier alpha value is -1.35. The number of nitrogens with one attached hydrogen (secondary N) is 1. The van der Waals surface area contributed by atoms with Crippen molar-refractivity contribution in [2.45, 2.75) is 58.1 Å². The first-order valence-corrected chi connectivity index (χ1v) is 7.44. The number of aliphatic hydroxyl groups excluding tert-OH is 1. The Bertz CT molecular complexity index is 482. The second kappa shape index (κ2) is 5.96. The predicted octanol–water partition coefficient (Wildman–Crippen LogP) is 2.59. The summed E-state index contributed by atoms with van der Waals surface area (Å²) in [4.78, 5) is 12.3. The van der Waals surface area contributed by atoms with Gasteiger partial charge in [-0.15, -0.1) is 0 Å². The van der Waals surface area contributed by atoms with Crippen molar-refractivity contribution in [2.24, 2.45) is 5.92 Å². The fraction of sp³-hybridized carbons (Fsp3) is 0.588. The summed E-state index contributed by atoms with van der Waals surface area (Å²) in [6.07, 6.45) is 2.82. The molecular weight excluding hydrogens is 250 g/mol. The van der Waals surface area contributed by atoms with E-state index in [1.807, 2.05) is 26.0 Å². The predicted molar refractivity (Wildman–Crippen MR) is 80.5 cm³/mol. The van der Waals surface area contributed by atoms with Crippen molar-refractivity contribution in [1.82, 2.24) is 5.32 Å². The largest absolute Gasteiger partial charge is 0.392 e. The van der Waals surface area contributed by atoms with E-state index in [0.717, 1.165) is 25.7 Å². The average molecular weight is 275 g/mol. The third-order valence-corrected chi connectivity index (χ3v) is 4.17. The number of hydrogen-bond acceptors (Lipinski definition) is 2. The second-order valence-corrected chi connectivity index (χ2v) is 6.58. The van der Waals surface area contributed by atoms with Gasteiger partial charge in [0.05, 0.1) is 12.0 Å². The number of amides is 1. The first-order valence-electron chi connectivity index (χ1n) is 7.44. The van der Waals surface area contributed by atoms with Gasteiger partial charge in [-0.3, -0.25) is 4.79 Å². The lowest BCUT2D eigenvalue weighted by Crippen LogP contribution is -2.48. The molecule has 1 aromatic rings. The number of rotatable bonds is 4. The Morgan fingerprint density at radius 2 is 2.05 bits per heavy atom. The molecule has 2 atom stereocenters. The quantitative estimate of drug-likeness (QED) is 0.887. The zero-order valence-corrected chi connectivity index (χ0v) is 12.6. The van der Waals surface area contributed by atoms with E-state index in [0.29, 0.717) is 0 Å². The Balaban J connectivity index is 2.00. The van der Waals surface area contributed by atoms with Gasteiger partial charge in [0.1, 0.15) is 0 Å². The number of carbonyl (C=O) groups excluding carboxylic acids is 1. The normalized spacial score (nSPS) is 22.8. The van der Waals surface area contributed by atoms with Crippen LogP contribution in [0.1, 0.15) is 44.2 Å².